The Labute approximate surface area is 305 Å². The Balaban J connectivity index is 1.09. The molecule has 0 aromatic heterocycles. The molecule has 0 bridgehead atoms. The van der Waals surface area contributed by atoms with Crippen molar-refractivity contribution in [1.82, 2.24) is 0 Å². The molecule has 2 saturated carbocycles. The van der Waals surface area contributed by atoms with Crippen molar-refractivity contribution in [2.45, 2.75) is 103 Å². The molecule has 0 amide bonds. The average Bonchev–Trinajstić information content (AvgIpc) is 3.16. The van der Waals surface area contributed by atoms with E-state index in [1.54, 1.807) is 24.3 Å². The van der Waals surface area contributed by atoms with E-state index >= 15 is 0 Å². The lowest BCUT2D eigenvalue weighted by Gasteiger charge is -2.27. The number of esters is 5. The van der Waals surface area contributed by atoms with Gasteiger partial charge in [0, 0.05) is 0 Å². The first-order valence-electron chi connectivity index (χ1n) is 18.4. The van der Waals surface area contributed by atoms with Crippen molar-refractivity contribution in [3.8, 4) is 11.5 Å². The maximum atomic E-state index is 13.1. The van der Waals surface area contributed by atoms with Crippen molar-refractivity contribution >= 4 is 29.8 Å². The molecule has 52 heavy (non-hydrogen) atoms. The van der Waals surface area contributed by atoms with E-state index in [1.807, 2.05) is 24.3 Å². The van der Waals surface area contributed by atoms with E-state index in [1.165, 1.54) is 36.4 Å². The summed E-state index contributed by atoms with van der Waals surface area (Å²) in [6, 6.07) is 19.1. The topological polar surface area (TPSA) is 132 Å². The standard InChI is InChI=1S/C42H48O10/c1-4-6-27-8-12-29(13-9-27)38(43)49-33-20-16-31(17-21-33)40(45)51-35-24-25-37(36(26-35)42(47)48-3)52-41(46)32-18-22-34(23-19-32)50-39(44)30-14-10-28(7-5-2)11-15-30/h8-15,24-26,31-34H,4-7,16-23H2,1-3H3. The fourth-order valence-electron chi connectivity index (χ4n) is 6.79. The van der Waals surface area contributed by atoms with Gasteiger partial charge in [-0.15, -0.1) is 0 Å². The molecule has 276 valence electrons. The quantitative estimate of drug-likeness (QED) is 0.0975. The molecule has 3 aromatic carbocycles. The number of rotatable bonds is 13. The summed E-state index contributed by atoms with van der Waals surface area (Å²) in [6.45, 7) is 4.21. The number of aryl methyl sites for hydroxylation is 2. The van der Waals surface area contributed by atoms with Crippen LogP contribution in [-0.4, -0.2) is 49.2 Å². The van der Waals surface area contributed by atoms with Crippen LogP contribution in [-0.2, 0) is 36.6 Å². The summed E-state index contributed by atoms with van der Waals surface area (Å²) >= 11 is 0. The molecule has 2 aliphatic rings. The van der Waals surface area contributed by atoms with Crippen LogP contribution in [0.1, 0.15) is 120 Å². The Morgan fingerprint density at radius 3 is 1.42 bits per heavy atom. The van der Waals surface area contributed by atoms with E-state index in [0.717, 1.165) is 25.7 Å². The zero-order chi connectivity index (χ0) is 37.0. The second kappa shape index (κ2) is 18.5. The molecule has 0 radical (unpaired) electrons. The summed E-state index contributed by atoms with van der Waals surface area (Å²) in [5, 5.41) is 0. The van der Waals surface area contributed by atoms with Crippen molar-refractivity contribution in [2.24, 2.45) is 11.8 Å². The predicted molar refractivity (Wildman–Crippen MR) is 192 cm³/mol. The molecule has 3 aromatic rings. The third kappa shape index (κ3) is 10.3. The first-order chi connectivity index (χ1) is 25.2. The number of hydrogen-bond donors (Lipinski definition) is 0. The zero-order valence-electron chi connectivity index (χ0n) is 30.2. The van der Waals surface area contributed by atoms with Gasteiger partial charge in [0.05, 0.1) is 30.1 Å². The van der Waals surface area contributed by atoms with E-state index < -0.39 is 29.7 Å². The number of carbonyl (C=O) groups excluding carboxylic acids is 5. The molecular weight excluding hydrogens is 664 g/mol. The Bertz CT molecular complexity index is 1700. The van der Waals surface area contributed by atoms with Gasteiger partial charge in [0.25, 0.3) is 0 Å². The van der Waals surface area contributed by atoms with Crippen LogP contribution in [0.3, 0.4) is 0 Å². The van der Waals surface area contributed by atoms with E-state index in [-0.39, 0.29) is 41.2 Å². The smallest absolute Gasteiger partial charge is 0.341 e. The van der Waals surface area contributed by atoms with Crippen LogP contribution in [0.4, 0.5) is 0 Å². The fraction of sp³-hybridized carbons (Fsp3) is 0.452. The van der Waals surface area contributed by atoms with Gasteiger partial charge in [-0.2, -0.15) is 0 Å². The summed E-state index contributed by atoms with van der Waals surface area (Å²) < 4.78 is 27.6. The molecule has 2 aliphatic carbocycles. The molecule has 5 rings (SSSR count). The zero-order valence-corrected chi connectivity index (χ0v) is 30.2. The maximum Gasteiger partial charge on any atom is 0.341 e. The van der Waals surface area contributed by atoms with Crippen LogP contribution < -0.4 is 9.47 Å². The Morgan fingerprint density at radius 2 is 1.00 bits per heavy atom. The van der Waals surface area contributed by atoms with Gasteiger partial charge in [-0.1, -0.05) is 51.0 Å². The molecule has 0 spiro atoms. The van der Waals surface area contributed by atoms with Crippen LogP contribution in [0.25, 0.3) is 0 Å². The summed E-state index contributed by atoms with van der Waals surface area (Å²) in [6.07, 6.45) is 7.34. The van der Waals surface area contributed by atoms with E-state index in [9.17, 15) is 24.0 Å². The Hall–Kier alpha value is -4.99. The largest absolute Gasteiger partial charge is 0.465 e. The highest BCUT2D eigenvalue weighted by Crippen LogP contribution is 2.33. The van der Waals surface area contributed by atoms with Crippen LogP contribution >= 0.6 is 0 Å². The van der Waals surface area contributed by atoms with Crippen LogP contribution in [0.15, 0.2) is 66.7 Å². The van der Waals surface area contributed by atoms with Crippen molar-refractivity contribution < 1.29 is 47.7 Å². The van der Waals surface area contributed by atoms with Crippen molar-refractivity contribution in [2.75, 3.05) is 7.11 Å². The molecule has 0 aliphatic heterocycles. The van der Waals surface area contributed by atoms with Gasteiger partial charge in [-0.25, -0.2) is 14.4 Å². The number of benzene rings is 3. The second-order valence-electron chi connectivity index (χ2n) is 13.6. The van der Waals surface area contributed by atoms with Crippen LogP contribution in [0.2, 0.25) is 0 Å². The van der Waals surface area contributed by atoms with Crippen molar-refractivity contribution in [1.29, 1.82) is 0 Å². The van der Waals surface area contributed by atoms with Gasteiger partial charge in [0.15, 0.2) is 0 Å². The van der Waals surface area contributed by atoms with Gasteiger partial charge < -0.3 is 23.7 Å². The monoisotopic (exact) mass is 712 g/mol. The van der Waals surface area contributed by atoms with E-state index in [4.69, 9.17) is 23.7 Å². The van der Waals surface area contributed by atoms with Gasteiger partial charge in [0.2, 0.25) is 0 Å². The third-order valence-electron chi connectivity index (χ3n) is 9.80. The molecule has 0 N–H and O–H groups in total. The minimum Gasteiger partial charge on any atom is -0.465 e. The molecule has 2 fully saturated rings. The number of hydrogen-bond acceptors (Lipinski definition) is 10. The predicted octanol–water partition coefficient (Wildman–Crippen LogP) is 8.02. The highest BCUT2D eigenvalue weighted by molar-refractivity contribution is 5.94. The molecule has 0 unspecified atom stereocenters. The SMILES string of the molecule is CCCc1ccc(C(=O)OC2CCC(C(=O)Oc3ccc(OC(=O)C4CCC(OC(=O)c5ccc(CCC)cc5)CC4)c(C(=O)OC)c3)CC2)cc1. The maximum absolute atomic E-state index is 13.1. The lowest BCUT2D eigenvalue weighted by atomic mass is 9.87. The van der Waals surface area contributed by atoms with Gasteiger partial charge in [-0.3, -0.25) is 9.59 Å². The molecule has 10 heteroatoms. The van der Waals surface area contributed by atoms with Crippen LogP contribution in [0, 0.1) is 11.8 Å². The number of carbonyl (C=O) groups is 5. The van der Waals surface area contributed by atoms with Gasteiger partial charge >= 0.3 is 29.8 Å². The molecule has 0 saturated heterocycles. The highest BCUT2D eigenvalue weighted by atomic mass is 16.6. The molecular formula is C42H48O10. The number of methoxy groups -OCH3 is 1. The minimum absolute atomic E-state index is 0.000882. The van der Waals surface area contributed by atoms with Gasteiger partial charge in [0.1, 0.15) is 29.3 Å². The lowest BCUT2D eigenvalue weighted by molar-refractivity contribution is -0.141. The second-order valence-corrected chi connectivity index (χ2v) is 13.6. The van der Waals surface area contributed by atoms with Crippen LogP contribution in [0.5, 0.6) is 11.5 Å². The normalized spacial score (nSPS) is 19.9. The summed E-state index contributed by atoms with van der Waals surface area (Å²) in [5.41, 5.74) is 3.30. The van der Waals surface area contributed by atoms with E-state index in [2.05, 4.69) is 13.8 Å². The molecule has 0 atom stereocenters. The Kier molecular flexibility index (Phi) is 13.6. The first-order valence-corrected chi connectivity index (χ1v) is 18.4. The van der Waals surface area contributed by atoms with E-state index in [0.29, 0.717) is 62.5 Å². The highest BCUT2D eigenvalue weighted by Gasteiger charge is 2.32. The first kappa shape index (κ1) is 38.2. The van der Waals surface area contributed by atoms with Crippen molar-refractivity contribution in [3.63, 3.8) is 0 Å². The fourth-order valence-corrected chi connectivity index (χ4v) is 6.79. The summed E-state index contributed by atoms with van der Waals surface area (Å²) in [4.78, 5) is 64.2. The molecule has 10 nitrogen and oxygen atoms in total. The Morgan fingerprint density at radius 1 is 0.558 bits per heavy atom. The third-order valence-corrected chi connectivity index (χ3v) is 9.80. The summed E-state index contributed by atoms with van der Waals surface area (Å²) in [7, 11) is 1.21. The number of ether oxygens (including phenoxy) is 5. The minimum atomic E-state index is -0.749. The average molecular weight is 713 g/mol. The summed E-state index contributed by atoms with van der Waals surface area (Å²) in [5.74, 6) is -3.18. The van der Waals surface area contributed by atoms with Gasteiger partial charge in [-0.05, 0) is 118 Å². The molecule has 0 heterocycles. The van der Waals surface area contributed by atoms with Crippen molar-refractivity contribution in [3.05, 3.63) is 94.5 Å². The lowest BCUT2D eigenvalue weighted by Crippen LogP contribution is -2.30.